The summed E-state index contributed by atoms with van der Waals surface area (Å²) in [5.74, 6) is -0.139. The maximum Gasteiger partial charge on any atom is 0.257 e. The summed E-state index contributed by atoms with van der Waals surface area (Å²) < 4.78 is 24.9. The number of methoxy groups -OCH3 is 1. The van der Waals surface area contributed by atoms with Crippen LogP contribution < -0.4 is 4.74 Å². The molecule has 0 spiro atoms. The lowest BCUT2D eigenvalue weighted by Gasteiger charge is -2.21. The molecule has 0 unspecified atom stereocenters. The SMILES string of the molecule is COCCN(Cc1csc(COc2ccc(C)cc2)n1)C(=O)c1ccccc1F. The molecule has 0 bridgehead atoms. The van der Waals surface area contributed by atoms with Gasteiger partial charge in [-0.1, -0.05) is 29.8 Å². The molecule has 5 nitrogen and oxygen atoms in total. The predicted octanol–water partition coefficient (Wildman–Crippen LogP) is 4.46. The number of aromatic nitrogens is 1. The Hall–Kier alpha value is -2.77. The van der Waals surface area contributed by atoms with Crippen molar-refractivity contribution in [2.24, 2.45) is 0 Å². The van der Waals surface area contributed by atoms with E-state index in [0.717, 1.165) is 16.5 Å². The maximum absolute atomic E-state index is 14.0. The molecule has 0 aliphatic heterocycles. The van der Waals surface area contributed by atoms with Gasteiger partial charge in [0.1, 0.15) is 23.2 Å². The smallest absolute Gasteiger partial charge is 0.257 e. The summed E-state index contributed by atoms with van der Waals surface area (Å²) >= 11 is 1.47. The number of benzene rings is 2. The molecule has 29 heavy (non-hydrogen) atoms. The number of aryl methyl sites for hydroxylation is 1. The zero-order valence-electron chi connectivity index (χ0n) is 16.4. The van der Waals surface area contributed by atoms with Crippen LogP contribution in [0.15, 0.2) is 53.9 Å². The first kappa shape index (κ1) is 21.0. The molecule has 2 aromatic carbocycles. The van der Waals surface area contributed by atoms with Gasteiger partial charge in [-0.25, -0.2) is 9.37 Å². The molecule has 0 aliphatic rings. The Balaban J connectivity index is 1.66. The Bertz CT molecular complexity index is 943. The molecule has 7 heteroatoms. The van der Waals surface area contributed by atoms with E-state index < -0.39 is 5.82 Å². The Labute approximate surface area is 173 Å². The van der Waals surface area contributed by atoms with Crippen LogP contribution >= 0.6 is 11.3 Å². The average Bonchev–Trinajstić information content (AvgIpc) is 3.18. The highest BCUT2D eigenvalue weighted by Gasteiger charge is 2.20. The van der Waals surface area contributed by atoms with Gasteiger partial charge in [0, 0.05) is 19.0 Å². The van der Waals surface area contributed by atoms with Gasteiger partial charge >= 0.3 is 0 Å². The third-order valence-electron chi connectivity index (χ3n) is 4.29. The predicted molar refractivity (Wildman–Crippen MR) is 111 cm³/mol. The summed E-state index contributed by atoms with van der Waals surface area (Å²) in [6, 6.07) is 13.8. The second-order valence-corrected chi connectivity index (χ2v) is 7.48. The molecule has 1 heterocycles. The molecule has 0 saturated carbocycles. The number of amides is 1. The van der Waals surface area contributed by atoms with Crippen LogP contribution in [0.4, 0.5) is 4.39 Å². The lowest BCUT2D eigenvalue weighted by Crippen LogP contribution is -2.34. The number of nitrogens with zero attached hydrogens (tertiary/aromatic N) is 2. The number of carbonyl (C=O) groups excluding carboxylic acids is 1. The van der Waals surface area contributed by atoms with Crippen molar-refractivity contribution >= 4 is 17.2 Å². The minimum absolute atomic E-state index is 0.0433. The second-order valence-electron chi connectivity index (χ2n) is 6.53. The van der Waals surface area contributed by atoms with E-state index in [0.29, 0.717) is 19.8 Å². The fraction of sp³-hybridized carbons (Fsp3) is 0.273. The number of halogens is 1. The standard InChI is InChI=1S/C22H23FN2O3S/c1-16-7-9-18(10-8-16)28-14-21-24-17(15-29-21)13-25(11-12-27-2)22(26)19-5-3-4-6-20(19)23/h3-10,15H,11-14H2,1-2H3. The van der Waals surface area contributed by atoms with Gasteiger partial charge in [0.25, 0.3) is 5.91 Å². The number of carbonyl (C=O) groups is 1. The molecule has 0 saturated heterocycles. The zero-order chi connectivity index (χ0) is 20.6. The topological polar surface area (TPSA) is 51.7 Å². The fourth-order valence-corrected chi connectivity index (χ4v) is 3.42. The Morgan fingerprint density at radius 1 is 1.17 bits per heavy atom. The molecule has 3 rings (SSSR count). The van der Waals surface area contributed by atoms with Crippen LogP contribution in [0, 0.1) is 12.7 Å². The van der Waals surface area contributed by atoms with Gasteiger partial charge in [-0.15, -0.1) is 11.3 Å². The lowest BCUT2D eigenvalue weighted by atomic mass is 10.2. The summed E-state index contributed by atoms with van der Waals surface area (Å²) in [5.41, 5.74) is 1.95. The highest BCUT2D eigenvalue weighted by Crippen LogP contribution is 2.18. The van der Waals surface area contributed by atoms with Gasteiger partial charge in [0.05, 0.1) is 24.4 Å². The van der Waals surface area contributed by atoms with Gasteiger partial charge in [0.15, 0.2) is 0 Å². The van der Waals surface area contributed by atoms with Gasteiger partial charge in [-0.3, -0.25) is 4.79 Å². The summed E-state index contributed by atoms with van der Waals surface area (Å²) in [4.78, 5) is 18.9. The normalized spacial score (nSPS) is 10.7. The van der Waals surface area contributed by atoms with E-state index in [-0.39, 0.29) is 18.0 Å². The first-order valence-corrected chi connectivity index (χ1v) is 10.1. The molecule has 1 amide bonds. The van der Waals surface area contributed by atoms with E-state index in [1.165, 1.54) is 29.0 Å². The van der Waals surface area contributed by atoms with Crippen LogP contribution in [0.5, 0.6) is 5.75 Å². The Morgan fingerprint density at radius 3 is 2.66 bits per heavy atom. The molecule has 3 aromatic rings. The van der Waals surface area contributed by atoms with E-state index in [2.05, 4.69) is 4.98 Å². The summed E-state index contributed by atoms with van der Waals surface area (Å²) in [6.07, 6.45) is 0. The van der Waals surface area contributed by atoms with Crippen molar-refractivity contribution in [2.75, 3.05) is 20.3 Å². The van der Waals surface area contributed by atoms with Crippen LogP contribution in [0.2, 0.25) is 0 Å². The van der Waals surface area contributed by atoms with E-state index in [1.807, 2.05) is 36.6 Å². The van der Waals surface area contributed by atoms with Gasteiger partial charge in [0.2, 0.25) is 0 Å². The number of hydrogen-bond acceptors (Lipinski definition) is 5. The zero-order valence-corrected chi connectivity index (χ0v) is 17.2. The molecule has 0 N–H and O–H groups in total. The van der Waals surface area contributed by atoms with E-state index in [4.69, 9.17) is 9.47 Å². The molecule has 0 radical (unpaired) electrons. The molecule has 152 valence electrons. The summed E-state index contributed by atoms with van der Waals surface area (Å²) in [7, 11) is 1.56. The fourth-order valence-electron chi connectivity index (χ4n) is 2.72. The largest absolute Gasteiger partial charge is 0.486 e. The molecular formula is C22H23FN2O3S. The van der Waals surface area contributed by atoms with Crippen molar-refractivity contribution < 1.29 is 18.7 Å². The first-order valence-electron chi connectivity index (χ1n) is 9.22. The maximum atomic E-state index is 14.0. The third-order valence-corrected chi connectivity index (χ3v) is 5.16. The Morgan fingerprint density at radius 2 is 1.93 bits per heavy atom. The van der Waals surface area contributed by atoms with Gasteiger partial charge < -0.3 is 14.4 Å². The quantitative estimate of drug-likeness (QED) is 0.519. The third kappa shape index (κ3) is 5.85. The molecule has 0 aliphatic carbocycles. The van der Waals surface area contributed by atoms with E-state index >= 15 is 0 Å². The minimum atomic E-state index is -0.537. The average molecular weight is 415 g/mol. The highest BCUT2D eigenvalue weighted by molar-refractivity contribution is 7.09. The Kier molecular flexibility index (Phi) is 7.32. The van der Waals surface area contributed by atoms with E-state index in [1.54, 1.807) is 24.1 Å². The van der Waals surface area contributed by atoms with Crippen LogP contribution in [0.1, 0.15) is 26.6 Å². The molecule has 1 aromatic heterocycles. The van der Waals surface area contributed by atoms with Gasteiger partial charge in [-0.05, 0) is 31.2 Å². The van der Waals surface area contributed by atoms with Crippen molar-refractivity contribution in [1.29, 1.82) is 0 Å². The highest BCUT2D eigenvalue weighted by atomic mass is 32.1. The second kappa shape index (κ2) is 10.1. The van der Waals surface area contributed by atoms with Crippen molar-refractivity contribution in [1.82, 2.24) is 9.88 Å². The van der Waals surface area contributed by atoms with Crippen LogP contribution in [0.25, 0.3) is 0 Å². The minimum Gasteiger partial charge on any atom is -0.486 e. The van der Waals surface area contributed by atoms with E-state index in [9.17, 15) is 9.18 Å². The van der Waals surface area contributed by atoms with Crippen LogP contribution in [0.3, 0.4) is 0 Å². The van der Waals surface area contributed by atoms with Crippen molar-refractivity contribution in [3.63, 3.8) is 0 Å². The van der Waals surface area contributed by atoms with Crippen molar-refractivity contribution in [3.8, 4) is 5.75 Å². The lowest BCUT2D eigenvalue weighted by molar-refractivity contribution is 0.0673. The molecule has 0 atom stereocenters. The number of ether oxygens (including phenoxy) is 2. The van der Waals surface area contributed by atoms with Gasteiger partial charge in [-0.2, -0.15) is 0 Å². The first-order chi connectivity index (χ1) is 14.1. The molecular weight excluding hydrogens is 391 g/mol. The summed E-state index contributed by atoms with van der Waals surface area (Å²) in [5, 5.41) is 2.70. The van der Waals surface area contributed by atoms with Crippen LogP contribution in [-0.2, 0) is 17.9 Å². The number of hydrogen-bond donors (Lipinski definition) is 0. The monoisotopic (exact) mass is 414 g/mol. The van der Waals surface area contributed by atoms with Crippen molar-refractivity contribution in [2.45, 2.75) is 20.1 Å². The molecule has 0 fully saturated rings. The van der Waals surface area contributed by atoms with Crippen LogP contribution in [-0.4, -0.2) is 36.1 Å². The summed E-state index contributed by atoms with van der Waals surface area (Å²) in [6.45, 7) is 3.35. The number of thiazole rings is 1. The van der Waals surface area contributed by atoms with Crippen molar-refractivity contribution in [3.05, 3.63) is 81.6 Å². The number of rotatable bonds is 9.